The zero-order valence-corrected chi connectivity index (χ0v) is 10.5. The summed E-state index contributed by atoms with van der Waals surface area (Å²) in [5.74, 6) is 1.19. The molecular formula is C14H22N2O. The van der Waals surface area contributed by atoms with Gasteiger partial charge in [-0.1, -0.05) is 6.92 Å². The molecule has 1 aromatic rings. The van der Waals surface area contributed by atoms with Crippen LogP contribution in [-0.4, -0.2) is 23.1 Å². The first kappa shape index (κ1) is 12.2. The molecule has 0 aliphatic carbocycles. The van der Waals surface area contributed by atoms with Gasteiger partial charge in [-0.25, -0.2) is 0 Å². The van der Waals surface area contributed by atoms with E-state index in [1.807, 2.05) is 6.07 Å². The minimum atomic E-state index is 0.358. The van der Waals surface area contributed by atoms with Crippen LogP contribution in [0.4, 0.5) is 5.69 Å². The number of nitrogens with zero attached hydrogens (tertiary/aromatic N) is 1. The molecule has 17 heavy (non-hydrogen) atoms. The summed E-state index contributed by atoms with van der Waals surface area (Å²) >= 11 is 0. The van der Waals surface area contributed by atoms with Crippen LogP contribution in [-0.2, 0) is 6.54 Å². The van der Waals surface area contributed by atoms with E-state index in [-0.39, 0.29) is 0 Å². The summed E-state index contributed by atoms with van der Waals surface area (Å²) in [6.07, 6.45) is 3.83. The Labute approximate surface area is 103 Å². The number of phenols is 1. The third-order valence-corrected chi connectivity index (χ3v) is 3.61. The van der Waals surface area contributed by atoms with Gasteiger partial charge in [-0.2, -0.15) is 0 Å². The Balaban J connectivity index is 2.02. The second-order valence-corrected chi connectivity index (χ2v) is 5.20. The maximum absolute atomic E-state index is 9.81. The molecule has 1 atom stereocenters. The van der Waals surface area contributed by atoms with E-state index in [1.165, 1.54) is 19.3 Å². The average molecular weight is 234 g/mol. The van der Waals surface area contributed by atoms with Gasteiger partial charge in [0.05, 0.1) is 0 Å². The third-order valence-electron chi connectivity index (χ3n) is 3.61. The lowest BCUT2D eigenvalue weighted by atomic mass is 10.0. The summed E-state index contributed by atoms with van der Waals surface area (Å²) in [6, 6.07) is 5.30. The predicted molar refractivity (Wildman–Crippen MR) is 70.8 cm³/mol. The van der Waals surface area contributed by atoms with Crippen LogP contribution < -0.4 is 5.73 Å². The molecule has 1 aliphatic heterocycles. The molecular weight excluding hydrogens is 212 g/mol. The van der Waals surface area contributed by atoms with Gasteiger partial charge >= 0.3 is 0 Å². The fourth-order valence-electron chi connectivity index (χ4n) is 2.45. The number of hydrogen-bond acceptors (Lipinski definition) is 3. The van der Waals surface area contributed by atoms with Gasteiger partial charge in [-0.05, 0) is 56.5 Å². The highest BCUT2D eigenvalue weighted by Crippen LogP contribution is 2.24. The maximum atomic E-state index is 9.81. The first-order valence-electron chi connectivity index (χ1n) is 6.45. The summed E-state index contributed by atoms with van der Waals surface area (Å²) in [5.41, 5.74) is 7.42. The van der Waals surface area contributed by atoms with Crippen molar-refractivity contribution < 1.29 is 5.11 Å². The molecule has 1 saturated heterocycles. The number of phenolic OH excluding ortho intramolecular Hbond substituents is 1. The number of benzene rings is 1. The molecule has 0 amide bonds. The lowest BCUT2D eigenvalue weighted by Crippen LogP contribution is -2.24. The minimum absolute atomic E-state index is 0.358. The third kappa shape index (κ3) is 3.37. The van der Waals surface area contributed by atoms with Crippen LogP contribution in [0, 0.1) is 5.92 Å². The van der Waals surface area contributed by atoms with Crippen LogP contribution in [0.5, 0.6) is 5.75 Å². The topological polar surface area (TPSA) is 49.5 Å². The Morgan fingerprint density at radius 1 is 1.35 bits per heavy atom. The van der Waals surface area contributed by atoms with Crippen molar-refractivity contribution in [1.29, 1.82) is 0 Å². The molecule has 1 fully saturated rings. The van der Waals surface area contributed by atoms with Crippen molar-refractivity contribution in [1.82, 2.24) is 4.90 Å². The molecule has 3 nitrogen and oxygen atoms in total. The van der Waals surface area contributed by atoms with Crippen molar-refractivity contribution in [2.24, 2.45) is 5.92 Å². The highest BCUT2D eigenvalue weighted by Gasteiger charge is 2.15. The quantitative estimate of drug-likeness (QED) is 0.611. The second-order valence-electron chi connectivity index (χ2n) is 5.20. The fourth-order valence-corrected chi connectivity index (χ4v) is 2.45. The molecule has 94 valence electrons. The molecule has 0 spiro atoms. The summed E-state index contributed by atoms with van der Waals surface area (Å²) in [6.45, 7) is 5.37. The van der Waals surface area contributed by atoms with E-state index in [2.05, 4.69) is 11.8 Å². The Morgan fingerprint density at radius 3 is 3.00 bits per heavy atom. The van der Waals surface area contributed by atoms with Crippen molar-refractivity contribution >= 4 is 5.69 Å². The van der Waals surface area contributed by atoms with E-state index in [0.717, 1.165) is 36.8 Å². The van der Waals surface area contributed by atoms with Gasteiger partial charge in [0.25, 0.3) is 0 Å². The highest BCUT2D eigenvalue weighted by atomic mass is 16.3. The van der Waals surface area contributed by atoms with Gasteiger partial charge < -0.3 is 10.8 Å². The number of nitrogens with two attached hydrogens (primary N) is 1. The summed E-state index contributed by atoms with van der Waals surface area (Å²) in [4.78, 5) is 2.41. The van der Waals surface area contributed by atoms with E-state index in [4.69, 9.17) is 5.73 Å². The van der Waals surface area contributed by atoms with Crippen molar-refractivity contribution in [2.75, 3.05) is 18.8 Å². The molecule has 3 heteroatoms. The number of anilines is 1. The van der Waals surface area contributed by atoms with Crippen molar-refractivity contribution in [3.8, 4) is 5.75 Å². The molecule has 0 aromatic heterocycles. The largest absolute Gasteiger partial charge is 0.508 e. The van der Waals surface area contributed by atoms with Crippen LogP contribution in [0.1, 0.15) is 31.7 Å². The van der Waals surface area contributed by atoms with Crippen LogP contribution in [0.15, 0.2) is 18.2 Å². The van der Waals surface area contributed by atoms with E-state index >= 15 is 0 Å². The zero-order chi connectivity index (χ0) is 12.3. The number of hydrogen-bond donors (Lipinski definition) is 2. The predicted octanol–water partition coefficient (Wildman–Crippen LogP) is 2.60. The Kier molecular flexibility index (Phi) is 3.89. The van der Waals surface area contributed by atoms with E-state index in [9.17, 15) is 5.11 Å². The van der Waals surface area contributed by atoms with E-state index in [1.54, 1.807) is 12.1 Å². The summed E-state index contributed by atoms with van der Waals surface area (Å²) < 4.78 is 0. The Morgan fingerprint density at radius 2 is 2.18 bits per heavy atom. The van der Waals surface area contributed by atoms with Crippen LogP contribution in [0.3, 0.4) is 0 Å². The van der Waals surface area contributed by atoms with Crippen molar-refractivity contribution in [3.05, 3.63) is 23.8 Å². The van der Waals surface area contributed by atoms with Gasteiger partial charge in [0.2, 0.25) is 0 Å². The molecule has 3 N–H and O–H groups in total. The monoisotopic (exact) mass is 234 g/mol. The first-order valence-corrected chi connectivity index (χ1v) is 6.45. The second kappa shape index (κ2) is 5.41. The highest BCUT2D eigenvalue weighted by molar-refractivity contribution is 5.47. The van der Waals surface area contributed by atoms with E-state index < -0.39 is 0 Å². The lowest BCUT2D eigenvalue weighted by Gasteiger charge is -2.20. The summed E-state index contributed by atoms with van der Waals surface area (Å²) in [7, 11) is 0. The Hall–Kier alpha value is -1.22. The summed E-state index contributed by atoms with van der Waals surface area (Å²) in [5, 5.41) is 9.81. The SMILES string of the molecule is CC1CCCN(Cc2cc(N)ccc2O)CC1. The minimum Gasteiger partial charge on any atom is -0.508 e. The number of nitrogen functional groups attached to an aromatic ring is 1. The van der Waals surface area contributed by atoms with Gasteiger partial charge in [0.15, 0.2) is 0 Å². The smallest absolute Gasteiger partial charge is 0.120 e. The normalized spacial score (nSPS) is 22.3. The number of likely N-dealkylation sites (tertiary alicyclic amines) is 1. The molecule has 1 aromatic carbocycles. The van der Waals surface area contributed by atoms with E-state index in [0.29, 0.717) is 5.75 Å². The van der Waals surface area contributed by atoms with Gasteiger partial charge in [-0.3, -0.25) is 4.90 Å². The van der Waals surface area contributed by atoms with Gasteiger partial charge in [0, 0.05) is 17.8 Å². The molecule has 1 aliphatic rings. The molecule has 0 radical (unpaired) electrons. The van der Waals surface area contributed by atoms with Crippen LogP contribution >= 0.6 is 0 Å². The average Bonchev–Trinajstić information content (AvgIpc) is 2.49. The van der Waals surface area contributed by atoms with Crippen molar-refractivity contribution in [2.45, 2.75) is 32.7 Å². The first-order chi connectivity index (χ1) is 8.15. The molecule has 2 rings (SSSR count). The van der Waals surface area contributed by atoms with Crippen molar-refractivity contribution in [3.63, 3.8) is 0 Å². The van der Waals surface area contributed by atoms with Crippen LogP contribution in [0.2, 0.25) is 0 Å². The Bertz CT molecular complexity index is 378. The number of rotatable bonds is 2. The molecule has 0 saturated carbocycles. The number of aromatic hydroxyl groups is 1. The molecule has 1 heterocycles. The standard InChI is InChI=1S/C14H22N2O/c1-11-3-2-7-16(8-6-11)10-12-9-13(15)4-5-14(12)17/h4-5,9,11,17H,2-3,6-8,10,15H2,1H3. The lowest BCUT2D eigenvalue weighted by molar-refractivity contribution is 0.270. The molecule has 1 unspecified atom stereocenters. The fraction of sp³-hybridized carbons (Fsp3) is 0.571. The molecule has 0 bridgehead atoms. The zero-order valence-electron chi connectivity index (χ0n) is 10.5. The van der Waals surface area contributed by atoms with Gasteiger partial charge in [0.1, 0.15) is 5.75 Å². The van der Waals surface area contributed by atoms with Gasteiger partial charge in [-0.15, -0.1) is 0 Å². The maximum Gasteiger partial charge on any atom is 0.120 e. The van der Waals surface area contributed by atoms with Crippen LogP contribution in [0.25, 0.3) is 0 Å².